The van der Waals surface area contributed by atoms with Gasteiger partial charge in [0.25, 0.3) is 0 Å². The summed E-state index contributed by atoms with van der Waals surface area (Å²) in [5.41, 5.74) is 0.907. The molecule has 1 fully saturated rings. The van der Waals surface area contributed by atoms with Gasteiger partial charge in [-0.2, -0.15) is 0 Å². The predicted molar refractivity (Wildman–Crippen MR) is 74.7 cm³/mol. The molecule has 1 heterocycles. The summed E-state index contributed by atoms with van der Waals surface area (Å²) in [6, 6.07) is 9.37. The van der Waals surface area contributed by atoms with Crippen LogP contribution in [0.2, 0.25) is 0 Å². The zero-order valence-electron chi connectivity index (χ0n) is 11.8. The molecule has 2 rings (SSSR count). The molecular formula is C15H19NO5. The topological polar surface area (TPSA) is 84.9 Å². The van der Waals surface area contributed by atoms with E-state index in [1.807, 2.05) is 37.3 Å². The Morgan fingerprint density at radius 1 is 1.38 bits per heavy atom. The van der Waals surface area contributed by atoms with E-state index in [0.29, 0.717) is 6.42 Å². The van der Waals surface area contributed by atoms with E-state index in [-0.39, 0.29) is 25.2 Å². The maximum Gasteiger partial charge on any atom is 0.407 e. The number of amides is 1. The average molecular weight is 293 g/mol. The van der Waals surface area contributed by atoms with Crippen molar-refractivity contribution in [3.05, 3.63) is 35.9 Å². The molecule has 1 aromatic carbocycles. The molecule has 1 amide bonds. The highest BCUT2D eigenvalue weighted by Gasteiger charge is 2.37. The first-order valence-corrected chi connectivity index (χ1v) is 6.89. The number of benzene rings is 1. The first-order valence-electron chi connectivity index (χ1n) is 6.89. The van der Waals surface area contributed by atoms with E-state index < -0.39 is 18.2 Å². The van der Waals surface area contributed by atoms with Crippen LogP contribution in [-0.2, 0) is 20.9 Å². The number of carbonyl (C=O) groups excluding carboxylic acids is 1. The molecule has 3 atom stereocenters. The maximum atomic E-state index is 11.6. The van der Waals surface area contributed by atoms with Crippen molar-refractivity contribution in [3.63, 3.8) is 0 Å². The normalized spacial score (nSPS) is 24.5. The van der Waals surface area contributed by atoms with Gasteiger partial charge in [0.05, 0.1) is 6.10 Å². The summed E-state index contributed by atoms with van der Waals surface area (Å²) >= 11 is 0. The lowest BCUT2D eigenvalue weighted by atomic mass is 10.0. The lowest BCUT2D eigenvalue weighted by Crippen LogP contribution is -2.33. The fraction of sp³-hybridized carbons (Fsp3) is 0.467. The molecule has 0 unspecified atom stereocenters. The zero-order valence-corrected chi connectivity index (χ0v) is 11.8. The molecule has 1 aliphatic heterocycles. The standard InChI is InChI=1S/C15H19NO5/c1-10-7-12(21-13(10)14(17)18)8-16-15(19)20-9-11-5-3-2-4-6-11/h2-6,10,12-13H,7-9H2,1H3,(H,16,19)(H,17,18)/t10-,12-,13+/m1/s1. The molecule has 21 heavy (non-hydrogen) atoms. The Morgan fingerprint density at radius 2 is 2.10 bits per heavy atom. The molecular weight excluding hydrogens is 274 g/mol. The van der Waals surface area contributed by atoms with Crippen molar-refractivity contribution in [2.24, 2.45) is 5.92 Å². The SMILES string of the molecule is C[C@@H]1C[C@H](CNC(=O)OCc2ccccc2)O[C@@H]1C(=O)O. The first-order chi connectivity index (χ1) is 10.1. The molecule has 0 aromatic heterocycles. The minimum Gasteiger partial charge on any atom is -0.479 e. The maximum absolute atomic E-state index is 11.6. The number of carboxylic acids is 1. The van der Waals surface area contributed by atoms with Crippen LogP contribution in [0.3, 0.4) is 0 Å². The summed E-state index contributed by atoms with van der Waals surface area (Å²) < 4.78 is 10.4. The highest BCUT2D eigenvalue weighted by atomic mass is 16.6. The minimum absolute atomic E-state index is 0.0605. The van der Waals surface area contributed by atoms with Crippen LogP contribution in [-0.4, -0.2) is 35.9 Å². The van der Waals surface area contributed by atoms with E-state index in [2.05, 4.69) is 5.32 Å². The van der Waals surface area contributed by atoms with Crippen LogP contribution in [0.5, 0.6) is 0 Å². The molecule has 1 aliphatic rings. The van der Waals surface area contributed by atoms with Gasteiger partial charge in [-0.15, -0.1) is 0 Å². The smallest absolute Gasteiger partial charge is 0.407 e. The van der Waals surface area contributed by atoms with Crippen molar-refractivity contribution < 1.29 is 24.2 Å². The third kappa shape index (κ3) is 4.46. The Hall–Kier alpha value is -2.08. The summed E-state index contributed by atoms with van der Waals surface area (Å²) in [5.74, 6) is -1.02. The Morgan fingerprint density at radius 3 is 2.71 bits per heavy atom. The molecule has 0 spiro atoms. The van der Waals surface area contributed by atoms with E-state index in [1.54, 1.807) is 0 Å². The number of carboxylic acid groups (broad SMARTS) is 1. The molecule has 0 radical (unpaired) electrons. The number of nitrogens with one attached hydrogen (secondary N) is 1. The number of hydrogen-bond acceptors (Lipinski definition) is 4. The predicted octanol–water partition coefficient (Wildman–Crippen LogP) is 1.79. The van der Waals surface area contributed by atoms with Gasteiger partial charge in [-0.3, -0.25) is 0 Å². The number of ether oxygens (including phenoxy) is 2. The van der Waals surface area contributed by atoms with Crippen LogP contribution in [0.4, 0.5) is 4.79 Å². The van der Waals surface area contributed by atoms with Crippen LogP contribution < -0.4 is 5.32 Å². The molecule has 6 heteroatoms. The van der Waals surface area contributed by atoms with Gasteiger partial charge in [0, 0.05) is 6.54 Å². The molecule has 114 valence electrons. The van der Waals surface area contributed by atoms with Crippen molar-refractivity contribution in [1.29, 1.82) is 0 Å². The zero-order chi connectivity index (χ0) is 15.2. The third-order valence-corrected chi connectivity index (χ3v) is 3.42. The van der Waals surface area contributed by atoms with E-state index in [9.17, 15) is 9.59 Å². The van der Waals surface area contributed by atoms with Crippen molar-refractivity contribution >= 4 is 12.1 Å². The summed E-state index contributed by atoms with van der Waals surface area (Å²) in [5, 5.41) is 11.5. The van der Waals surface area contributed by atoms with Gasteiger partial charge in [0.1, 0.15) is 6.61 Å². The second-order valence-electron chi connectivity index (χ2n) is 5.17. The molecule has 1 saturated heterocycles. The van der Waals surface area contributed by atoms with Crippen LogP contribution in [0.15, 0.2) is 30.3 Å². The lowest BCUT2D eigenvalue weighted by Gasteiger charge is -2.12. The Balaban J connectivity index is 1.69. The molecule has 0 saturated carbocycles. The number of carbonyl (C=O) groups is 2. The second kappa shape index (κ2) is 7.08. The van der Waals surface area contributed by atoms with E-state index >= 15 is 0 Å². The molecule has 6 nitrogen and oxygen atoms in total. The van der Waals surface area contributed by atoms with Gasteiger partial charge in [0.2, 0.25) is 0 Å². The summed E-state index contributed by atoms with van der Waals surface area (Å²) in [6.45, 7) is 2.28. The highest BCUT2D eigenvalue weighted by molar-refractivity contribution is 5.73. The Labute approximate surface area is 123 Å². The molecule has 0 bridgehead atoms. The van der Waals surface area contributed by atoms with Gasteiger partial charge < -0.3 is 19.9 Å². The number of rotatable bonds is 5. The largest absolute Gasteiger partial charge is 0.479 e. The monoisotopic (exact) mass is 293 g/mol. The van der Waals surface area contributed by atoms with Crippen molar-refractivity contribution in [2.45, 2.75) is 32.2 Å². The summed E-state index contributed by atoms with van der Waals surface area (Å²) in [7, 11) is 0. The van der Waals surface area contributed by atoms with Gasteiger partial charge in [-0.1, -0.05) is 37.3 Å². The Bertz CT molecular complexity index is 490. The van der Waals surface area contributed by atoms with Crippen molar-refractivity contribution in [2.75, 3.05) is 6.54 Å². The van der Waals surface area contributed by atoms with E-state index in [0.717, 1.165) is 5.56 Å². The summed E-state index contributed by atoms with van der Waals surface area (Å²) in [6.07, 6.45) is -1.01. The number of hydrogen-bond donors (Lipinski definition) is 2. The fourth-order valence-electron chi connectivity index (χ4n) is 2.34. The van der Waals surface area contributed by atoms with Crippen LogP contribution in [0.1, 0.15) is 18.9 Å². The lowest BCUT2D eigenvalue weighted by molar-refractivity contribution is -0.150. The number of alkyl carbamates (subject to hydrolysis) is 1. The quantitative estimate of drug-likeness (QED) is 0.864. The van der Waals surface area contributed by atoms with Gasteiger partial charge >= 0.3 is 12.1 Å². The van der Waals surface area contributed by atoms with Gasteiger partial charge in [0.15, 0.2) is 6.10 Å². The van der Waals surface area contributed by atoms with Gasteiger partial charge in [-0.25, -0.2) is 9.59 Å². The van der Waals surface area contributed by atoms with E-state index in [4.69, 9.17) is 14.6 Å². The summed E-state index contributed by atoms with van der Waals surface area (Å²) in [4.78, 5) is 22.5. The van der Waals surface area contributed by atoms with Gasteiger partial charge in [-0.05, 0) is 17.9 Å². The molecule has 1 aromatic rings. The number of aliphatic carboxylic acids is 1. The van der Waals surface area contributed by atoms with Crippen molar-refractivity contribution in [1.82, 2.24) is 5.32 Å². The highest BCUT2D eigenvalue weighted by Crippen LogP contribution is 2.25. The molecule has 0 aliphatic carbocycles. The molecule has 2 N–H and O–H groups in total. The van der Waals surface area contributed by atoms with Crippen LogP contribution in [0.25, 0.3) is 0 Å². The Kier molecular flexibility index (Phi) is 5.16. The van der Waals surface area contributed by atoms with Crippen molar-refractivity contribution in [3.8, 4) is 0 Å². The average Bonchev–Trinajstić information content (AvgIpc) is 2.85. The van der Waals surface area contributed by atoms with Crippen LogP contribution >= 0.6 is 0 Å². The van der Waals surface area contributed by atoms with Crippen LogP contribution in [0, 0.1) is 5.92 Å². The third-order valence-electron chi connectivity index (χ3n) is 3.42. The fourth-order valence-corrected chi connectivity index (χ4v) is 2.34. The van der Waals surface area contributed by atoms with E-state index in [1.165, 1.54) is 0 Å². The first kappa shape index (κ1) is 15.3. The second-order valence-corrected chi connectivity index (χ2v) is 5.17. The minimum atomic E-state index is -0.961.